The van der Waals surface area contributed by atoms with Crippen LogP contribution >= 0.6 is 11.6 Å². The number of amidine groups is 1. The van der Waals surface area contributed by atoms with E-state index >= 15 is 0 Å². The minimum atomic E-state index is -5.05. The molecule has 0 heterocycles. The van der Waals surface area contributed by atoms with Crippen molar-refractivity contribution in [2.24, 2.45) is 10.7 Å². The van der Waals surface area contributed by atoms with Crippen LogP contribution in [0.2, 0.25) is 0 Å². The molecule has 10 heteroatoms. The number of halogens is 5. The third-order valence-electron chi connectivity index (χ3n) is 1.97. The Hall–Kier alpha value is -1.90. The topological polar surface area (TPSA) is 81.5 Å². The number of nitro groups is 1. The number of alkyl halides is 4. The van der Waals surface area contributed by atoms with Crippen LogP contribution in [-0.2, 0) is 6.18 Å². The van der Waals surface area contributed by atoms with Crippen LogP contribution in [0.5, 0.6) is 0 Å². The van der Waals surface area contributed by atoms with E-state index in [4.69, 9.17) is 17.3 Å². The highest BCUT2D eigenvalue weighted by Gasteiger charge is 2.37. The molecule has 0 fully saturated rings. The second-order valence-corrected chi connectivity index (χ2v) is 3.58. The fourth-order valence-corrected chi connectivity index (χ4v) is 1.25. The van der Waals surface area contributed by atoms with Gasteiger partial charge in [0, 0.05) is 12.1 Å². The first-order valence-corrected chi connectivity index (χ1v) is 5.14. The van der Waals surface area contributed by atoms with Gasteiger partial charge in [-0.1, -0.05) is 0 Å². The maximum Gasteiger partial charge on any atom is 0.419 e. The van der Waals surface area contributed by atoms with Crippen molar-refractivity contribution < 1.29 is 22.5 Å². The molecule has 0 amide bonds. The predicted molar refractivity (Wildman–Crippen MR) is 60.1 cm³/mol. The van der Waals surface area contributed by atoms with E-state index in [1.54, 1.807) is 0 Å². The van der Waals surface area contributed by atoms with Gasteiger partial charge in [0.1, 0.15) is 17.3 Å². The van der Waals surface area contributed by atoms with Crippen molar-refractivity contribution in [2.75, 3.05) is 5.88 Å². The number of nitrogens with two attached hydrogens (primary N) is 1. The van der Waals surface area contributed by atoms with E-state index in [0.717, 1.165) is 0 Å². The smallest absolute Gasteiger partial charge is 0.386 e. The van der Waals surface area contributed by atoms with Crippen LogP contribution in [0.3, 0.4) is 0 Å². The molecule has 0 aromatic heterocycles. The SMILES string of the molecule is NC(CCl)=Nc1cc(F)c(C(F)(F)F)cc1[N+](=O)[O-]. The second-order valence-electron chi connectivity index (χ2n) is 3.31. The van der Waals surface area contributed by atoms with Gasteiger partial charge in [-0.15, -0.1) is 11.6 Å². The minimum absolute atomic E-state index is 0.0652. The minimum Gasteiger partial charge on any atom is -0.386 e. The fraction of sp³-hybridized carbons (Fsp3) is 0.222. The largest absolute Gasteiger partial charge is 0.419 e. The number of hydrogen-bond acceptors (Lipinski definition) is 3. The molecule has 0 bridgehead atoms. The molecule has 1 aromatic rings. The molecule has 1 rings (SSSR count). The fourth-order valence-electron chi connectivity index (χ4n) is 1.19. The first-order valence-electron chi connectivity index (χ1n) is 4.61. The van der Waals surface area contributed by atoms with Crippen LogP contribution in [0, 0.1) is 15.9 Å². The summed E-state index contributed by atoms with van der Waals surface area (Å²) in [5.41, 5.74) is 1.81. The zero-order chi connectivity index (χ0) is 14.8. The van der Waals surface area contributed by atoms with Gasteiger partial charge in [0.25, 0.3) is 5.69 Å². The highest BCUT2D eigenvalue weighted by atomic mass is 35.5. The molecule has 0 saturated heterocycles. The highest BCUT2D eigenvalue weighted by molar-refractivity contribution is 6.28. The van der Waals surface area contributed by atoms with E-state index in [9.17, 15) is 27.7 Å². The van der Waals surface area contributed by atoms with E-state index in [-0.39, 0.29) is 17.8 Å². The molecular formula is C9H6ClF4N3O2. The normalized spacial score (nSPS) is 12.6. The van der Waals surface area contributed by atoms with E-state index in [1.807, 2.05) is 0 Å². The van der Waals surface area contributed by atoms with Crippen molar-refractivity contribution in [3.63, 3.8) is 0 Å². The van der Waals surface area contributed by atoms with E-state index in [2.05, 4.69) is 4.99 Å². The van der Waals surface area contributed by atoms with Gasteiger partial charge in [0.2, 0.25) is 0 Å². The molecule has 5 nitrogen and oxygen atoms in total. The van der Waals surface area contributed by atoms with Gasteiger partial charge < -0.3 is 5.73 Å². The summed E-state index contributed by atoms with van der Waals surface area (Å²) in [6.45, 7) is 0. The second kappa shape index (κ2) is 5.39. The average molecular weight is 300 g/mol. The lowest BCUT2D eigenvalue weighted by molar-refractivity contribution is -0.384. The predicted octanol–water partition coefficient (Wildman–Crippen LogP) is 2.98. The van der Waals surface area contributed by atoms with Crippen molar-refractivity contribution in [3.8, 4) is 0 Å². The zero-order valence-electron chi connectivity index (χ0n) is 9.04. The summed E-state index contributed by atoms with van der Waals surface area (Å²) in [6.07, 6.45) is -5.05. The van der Waals surface area contributed by atoms with Crippen molar-refractivity contribution in [2.45, 2.75) is 6.18 Å². The van der Waals surface area contributed by atoms with E-state index in [0.29, 0.717) is 6.07 Å². The summed E-state index contributed by atoms with van der Waals surface area (Å²) >= 11 is 5.28. The third-order valence-corrected chi connectivity index (χ3v) is 2.24. The van der Waals surface area contributed by atoms with Crippen molar-refractivity contribution >= 4 is 28.8 Å². The summed E-state index contributed by atoms with van der Waals surface area (Å²) in [7, 11) is 0. The zero-order valence-corrected chi connectivity index (χ0v) is 9.80. The Morgan fingerprint density at radius 3 is 2.47 bits per heavy atom. The maximum atomic E-state index is 13.3. The standard InChI is InChI=1S/C9H6ClF4N3O2/c10-3-8(15)16-6-2-5(11)4(9(12,13)14)1-7(6)17(18)19/h1-2H,3H2,(H2,15,16). The lowest BCUT2D eigenvalue weighted by Crippen LogP contribution is -2.13. The Bertz CT molecular complexity index is 545. The van der Waals surface area contributed by atoms with Crippen LogP contribution < -0.4 is 5.73 Å². The summed E-state index contributed by atoms with van der Waals surface area (Å²) in [5, 5.41) is 10.7. The Morgan fingerprint density at radius 2 is 2.05 bits per heavy atom. The van der Waals surface area contributed by atoms with E-state index < -0.39 is 33.9 Å². The molecule has 0 aliphatic rings. The number of nitro benzene ring substituents is 1. The molecule has 0 aliphatic heterocycles. The van der Waals surface area contributed by atoms with Gasteiger partial charge in [0.05, 0.1) is 16.4 Å². The lowest BCUT2D eigenvalue weighted by atomic mass is 10.1. The number of rotatable bonds is 3. The third kappa shape index (κ3) is 3.53. The van der Waals surface area contributed by atoms with Crippen LogP contribution in [-0.4, -0.2) is 16.6 Å². The van der Waals surface area contributed by atoms with Crippen LogP contribution in [0.1, 0.15) is 5.56 Å². The van der Waals surface area contributed by atoms with Crippen molar-refractivity contribution in [1.82, 2.24) is 0 Å². The molecule has 0 saturated carbocycles. The van der Waals surface area contributed by atoms with E-state index in [1.165, 1.54) is 0 Å². The van der Waals surface area contributed by atoms with Gasteiger partial charge >= 0.3 is 6.18 Å². The molecule has 0 spiro atoms. The number of nitrogens with zero attached hydrogens (tertiary/aromatic N) is 2. The van der Waals surface area contributed by atoms with Gasteiger partial charge in [0.15, 0.2) is 0 Å². The van der Waals surface area contributed by atoms with Crippen molar-refractivity contribution in [3.05, 3.63) is 33.6 Å². The molecule has 0 atom stereocenters. The molecule has 19 heavy (non-hydrogen) atoms. The molecule has 0 aliphatic carbocycles. The lowest BCUT2D eigenvalue weighted by Gasteiger charge is -2.08. The Balaban J connectivity index is 3.51. The summed E-state index contributed by atoms with van der Waals surface area (Å²) in [6, 6.07) is 0.357. The van der Waals surface area contributed by atoms with Crippen molar-refractivity contribution in [1.29, 1.82) is 0 Å². The Labute approximate surface area is 108 Å². The quantitative estimate of drug-likeness (QED) is 0.233. The van der Waals surface area contributed by atoms with Gasteiger partial charge in [-0.25, -0.2) is 9.38 Å². The first-order chi connectivity index (χ1) is 8.66. The molecule has 104 valence electrons. The summed E-state index contributed by atoms with van der Waals surface area (Å²) in [5.74, 6) is -2.28. The maximum absolute atomic E-state index is 13.3. The molecule has 0 radical (unpaired) electrons. The molecule has 0 unspecified atom stereocenters. The number of aliphatic imine (C=N–C) groups is 1. The van der Waals surface area contributed by atoms with Crippen LogP contribution in [0.15, 0.2) is 17.1 Å². The number of hydrogen-bond donors (Lipinski definition) is 1. The molecule has 1 aromatic carbocycles. The molecule has 2 N–H and O–H groups in total. The Kier molecular flexibility index (Phi) is 4.30. The number of benzene rings is 1. The van der Waals surface area contributed by atoms with Gasteiger partial charge in [-0.05, 0) is 0 Å². The van der Waals surface area contributed by atoms with Crippen LogP contribution in [0.25, 0.3) is 0 Å². The Morgan fingerprint density at radius 1 is 1.47 bits per heavy atom. The summed E-state index contributed by atoms with van der Waals surface area (Å²) < 4.78 is 50.5. The van der Waals surface area contributed by atoms with Crippen LogP contribution in [0.4, 0.5) is 28.9 Å². The average Bonchev–Trinajstić information content (AvgIpc) is 2.26. The van der Waals surface area contributed by atoms with Gasteiger partial charge in [-0.3, -0.25) is 10.1 Å². The molecular weight excluding hydrogens is 294 g/mol. The van der Waals surface area contributed by atoms with Gasteiger partial charge in [-0.2, -0.15) is 13.2 Å². The monoisotopic (exact) mass is 299 g/mol. The first kappa shape index (κ1) is 15.2. The summed E-state index contributed by atoms with van der Waals surface area (Å²) in [4.78, 5) is 12.9. The highest BCUT2D eigenvalue weighted by Crippen LogP contribution is 2.38.